The zero-order chi connectivity index (χ0) is 20.0. The van der Waals surface area contributed by atoms with Gasteiger partial charge in [0.05, 0.1) is 4.90 Å². The summed E-state index contributed by atoms with van der Waals surface area (Å²) in [6, 6.07) is 12.1. The molecule has 27 heavy (non-hydrogen) atoms. The van der Waals surface area contributed by atoms with Crippen LogP contribution >= 0.6 is 15.9 Å². The molecule has 7 heteroatoms. The Bertz CT molecular complexity index is 934. The first-order valence-electron chi connectivity index (χ1n) is 8.63. The van der Waals surface area contributed by atoms with Gasteiger partial charge in [-0.1, -0.05) is 41.9 Å². The first-order chi connectivity index (χ1) is 12.8. The standard InChI is InChI=1S/C20H23BrN2O3S/c1-4-23(5-2)27(25,26)18-10-6-16(7-11-18)8-13-20(24)22-19-12-9-17(21)14-15(19)3/h6-14H,4-5H2,1-3H3,(H,22,24)/b13-8+. The molecule has 0 atom stereocenters. The van der Waals surface area contributed by atoms with Gasteiger partial charge in [0.2, 0.25) is 15.9 Å². The van der Waals surface area contributed by atoms with Crippen LogP contribution in [0.2, 0.25) is 0 Å². The number of rotatable bonds is 7. The molecule has 1 N–H and O–H groups in total. The van der Waals surface area contributed by atoms with Crippen LogP contribution < -0.4 is 5.32 Å². The average molecular weight is 451 g/mol. The van der Waals surface area contributed by atoms with Gasteiger partial charge in [-0.05, 0) is 54.5 Å². The molecule has 0 saturated carbocycles. The van der Waals surface area contributed by atoms with Gasteiger partial charge in [0.1, 0.15) is 0 Å². The fourth-order valence-electron chi connectivity index (χ4n) is 2.58. The molecule has 1 amide bonds. The van der Waals surface area contributed by atoms with Gasteiger partial charge in [-0.25, -0.2) is 8.42 Å². The van der Waals surface area contributed by atoms with Crippen molar-refractivity contribution >= 4 is 43.6 Å². The number of benzene rings is 2. The second kappa shape index (κ2) is 9.30. The summed E-state index contributed by atoms with van der Waals surface area (Å²) in [5.74, 6) is -0.250. The monoisotopic (exact) mass is 450 g/mol. The van der Waals surface area contributed by atoms with E-state index in [9.17, 15) is 13.2 Å². The number of carbonyl (C=O) groups is 1. The minimum atomic E-state index is -3.47. The summed E-state index contributed by atoms with van der Waals surface area (Å²) in [6.45, 7) is 6.39. The number of halogens is 1. The zero-order valence-corrected chi connectivity index (χ0v) is 18.0. The molecule has 2 aromatic rings. The average Bonchev–Trinajstić information content (AvgIpc) is 2.63. The highest BCUT2D eigenvalue weighted by atomic mass is 79.9. The van der Waals surface area contributed by atoms with Gasteiger partial charge in [-0.15, -0.1) is 0 Å². The molecule has 0 heterocycles. The third-order valence-electron chi connectivity index (χ3n) is 4.10. The van der Waals surface area contributed by atoms with Gasteiger partial charge >= 0.3 is 0 Å². The fourth-order valence-corrected chi connectivity index (χ4v) is 4.51. The summed E-state index contributed by atoms with van der Waals surface area (Å²) in [7, 11) is -3.47. The highest BCUT2D eigenvalue weighted by Crippen LogP contribution is 2.20. The summed E-state index contributed by atoms with van der Waals surface area (Å²) in [6.07, 6.45) is 3.08. The molecule has 0 spiro atoms. The van der Waals surface area contributed by atoms with Crippen LogP contribution in [-0.2, 0) is 14.8 Å². The van der Waals surface area contributed by atoms with Crippen molar-refractivity contribution in [2.24, 2.45) is 0 Å². The van der Waals surface area contributed by atoms with Crippen molar-refractivity contribution in [3.8, 4) is 0 Å². The van der Waals surface area contributed by atoms with Gasteiger partial charge in [0.25, 0.3) is 0 Å². The van der Waals surface area contributed by atoms with Crippen molar-refractivity contribution in [1.82, 2.24) is 4.31 Å². The first-order valence-corrected chi connectivity index (χ1v) is 10.9. The van der Waals surface area contributed by atoms with E-state index >= 15 is 0 Å². The van der Waals surface area contributed by atoms with Crippen LogP contribution in [0.15, 0.2) is 57.9 Å². The Morgan fingerprint density at radius 3 is 2.30 bits per heavy atom. The van der Waals surface area contributed by atoms with Crippen LogP contribution in [0.1, 0.15) is 25.0 Å². The highest BCUT2D eigenvalue weighted by Gasteiger charge is 2.20. The maximum absolute atomic E-state index is 12.5. The summed E-state index contributed by atoms with van der Waals surface area (Å²) < 4.78 is 27.3. The maximum Gasteiger partial charge on any atom is 0.248 e. The third-order valence-corrected chi connectivity index (χ3v) is 6.65. The topological polar surface area (TPSA) is 66.5 Å². The van der Waals surface area contributed by atoms with Crippen molar-refractivity contribution < 1.29 is 13.2 Å². The van der Waals surface area contributed by atoms with E-state index in [-0.39, 0.29) is 10.8 Å². The number of hydrogen-bond donors (Lipinski definition) is 1. The quantitative estimate of drug-likeness (QED) is 0.633. The zero-order valence-electron chi connectivity index (χ0n) is 15.6. The molecule has 0 aromatic heterocycles. The van der Waals surface area contributed by atoms with Crippen LogP contribution in [0.5, 0.6) is 0 Å². The number of aryl methyl sites for hydroxylation is 1. The van der Waals surface area contributed by atoms with E-state index in [1.165, 1.54) is 10.4 Å². The molecule has 2 rings (SSSR count). The molecule has 144 valence electrons. The SMILES string of the molecule is CCN(CC)S(=O)(=O)c1ccc(/C=C/C(=O)Nc2ccc(Br)cc2C)cc1. The van der Waals surface area contributed by atoms with E-state index in [2.05, 4.69) is 21.2 Å². The van der Waals surface area contributed by atoms with Gasteiger partial charge in [-0.2, -0.15) is 4.31 Å². The predicted octanol–water partition coefficient (Wildman–Crippen LogP) is 4.44. The number of carbonyl (C=O) groups excluding carboxylic acids is 1. The number of nitrogens with zero attached hydrogens (tertiary/aromatic N) is 1. The van der Waals surface area contributed by atoms with E-state index in [1.807, 2.05) is 39.0 Å². The number of hydrogen-bond acceptors (Lipinski definition) is 3. The summed E-state index contributed by atoms with van der Waals surface area (Å²) in [5.41, 5.74) is 2.45. The number of sulfonamides is 1. The number of amides is 1. The lowest BCUT2D eigenvalue weighted by Crippen LogP contribution is -2.30. The molecule has 0 aliphatic rings. The summed E-state index contributed by atoms with van der Waals surface area (Å²) in [5, 5.41) is 2.82. The Morgan fingerprint density at radius 2 is 1.74 bits per heavy atom. The molecule has 0 bridgehead atoms. The molecule has 0 aliphatic heterocycles. The van der Waals surface area contributed by atoms with Gasteiger partial charge < -0.3 is 5.32 Å². The first kappa shape index (κ1) is 21.3. The Morgan fingerprint density at radius 1 is 1.11 bits per heavy atom. The van der Waals surface area contributed by atoms with Crippen LogP contribution in [0, 0.1) is 6.92 Å². The lowest BCUT2D eigenvalue weighted by Gasteiger charge is -2.18. The molecule has 2 aromatic carbocycles. The van der Waals surface area contributed by atoms with E-state index in [4.69, 9.17) is 0 Å². The molecule has 0 aliphatic carbocycles. The Kier molecular flexibility index (Phi) is 7.35. The van der Waals surface area contributed by atoms with E-state index < -0.39 is 10.0 Å². The lowest BCUT2D eigenvalue weighted by atomic mass is 10.2. The van der Waals surface area contributed by atoms with Crippen LogP contribution in [0.3, 0.4) is 0 Å². The lowest BCUT2D eigenvalue weighted by molar-refractivity contribution is -0.111. The Balaban J connectivity index is 2.08. The molecule has 0 fully saturated rings. The van der Waals surface area contributed by atoms with Crippen molar-refractivity contribution in [2.75, 3.05) is 18.4 Å². The molecule has 0 radical (unpaired) electrons. The fraction of sp³-hybridized carbons (Fsp3) is 0.250. The van der Waals surface area contributed by atoms with Crippen molar-refractivity contribution in [1.29, 1.82) is 0 Å². The molecule has 0 unspecified atom stereocenters. The van der Waals surface area contributed by atoms with Gasteiger partial charge in [-0.3, -0.25) is 4.79 Å². The molecular formula is C20H23BrN2O3S. The number of nitrogens with one attached hydrogen (secondary N) is 1. The Labute approximate surface area is 169 Å². The van der Waals surface area contributed by atoms with E-state index in [1.54, 1.807) is 30.3 Å². The maximum atomic E-state index is 12.5. The molecule has 5 nitrogen and oxygen atoms in total. The van der Waals surface area contributed by atoms with Gasteiger partial charge in [0, 0.05) is 29.3 Å². The van der Waals surface area contributed by atoms with Crippen molar-refractivity contribution in [2.45, 2.75) is 25.7 Å². The smallest absolute Gasteiger partial charge is 0.248 e. The molecule has 0 saturated heterocycles. The predicted molar refractivity (Wildman–Crippen MR) is 113 cm³/mol. The molecular weight excluding hydrogens is 428 g/mol. The van der Waals surface area contributed by atoms with Crippen LogP contribution in [0.4, 0.5) is 5.69 Å². The second-order valence-electron chi connectivity index (χ2n) is 5.94. The van der Waals surface area contributed by atoms with Crippen molar-refractivity contribution in [3.05, 3.63) is 64.1 Å². The minimum absolute atomic E-state index is 0.248. The van der Waals surface area contributed by atoms with Gasteiger partial charge in [0.15, 0.2) is 0 Å². The normalized spacial score (nSPS) is 11.9. The van der Waals surface area contributed by atoms with Crippen LogP contribution in [0.25, 0.3) is 6.08 Å². The third kappa shape index (κ3) is 5.51. The highest BCUT2D eigenvalue weighted by molar-refractivity contribution is 9.10. The largest absolute Gasteiger partial charge is 0.322 e. The van der Waals surface area contributed by atoms with Crippen LogP contribution in [-0.4, -0.2) is 31.7 Å². The second-order valence-corrected chi connectivity index (χ2v) is 8.79. The number of anilines is 1. The summed E-state index contributed by atoms with van der Waals surface area (Å²) in [4.78, 5) is 12.4. The minimum Gasteiger partial charge on any atom is -0.322 e. The van der Waals surface area contributed by atoms with Crippen molar-refractivity contribution in [3.63, 3.8) is 0 Å². The van der Waals surface area contributed by atoms with E-state index in [0.29, 0.717) is 13.1 Å². The van der Waals surface area contributed by atoms with E-state index in [0.717, 1.165) is 21.3 Å². The Hall–Kier alpha value is -1.96. The summed E-state index contributed by atoms with van der Waals surface area (Å²) >= 11 is 3.39.